The number of aliphatic hydroxyl groups is 1. The van der Waals surface area contributed by atoms with Crippen LogP contribution in [0.4, 0.5) is 0 Å². The summed E-state index contributed by atoms with van der Waals surface area (Å²) in [6.45, 7) is 1.65. The molecule has 128 valence electrons. The maximum absolute atomic E-state index is 10.1. The van der Waals surface area contributed by atoms with Crippen molar-refractivity contribution < 1.29 is 14.4 Å². The summed E-state index contributed by atoms with van der Waals surface area (Å²) in [5.41, 5.74) is 1.71. The molecule has 0 aromatic carbocycles. The molecule has 2 aromatic rings. The molecule has 3 heterocycles. The van der Waals surface area contributed by atoms with Crippen LogP contribution in [0.5, 0.6) is 0 Å². The van der Waals surface area contributed by atoms with Gasteiger partial charge in [0, 0.05) is 43.7 Å². The van der Waals surface area contributed by atoms with Crippen LogP contribution < -0.4 is 0 Å². The minimum atomic E-state index is -0.235. The number of pyridine rings is 1. The first-order valence-corrected chi connectivity index (χ1v) is 8.53. The van der Waals surface area contributed by atoms with Crippen LogP contribution >= 0.6 is 0 Å². The molecule has 6 heteroatoms. The van der Waals surface area contributed by atoms with Crippen LogP contribution in [0, 0.1) is 0 Å². The van der Waals surface area contributed by atoms with Gasteiger partial charge in [0.15, 0.2) is 5.76 Å². The lowest BCUT2D eigenvalue weighted by molar-refractivity contribution is -0.0886. The summed E-state index contributed by atoms with van der Waals surface area (Å²) in [7, 11) is 1.80. The van der Waals surface area contributed by atoms with E-state index in [-0.39, 0.29) is 17.7 Å². The Hall–Kier alpha value is -1.76. The highest BCUT2D eigenvalue weighted by molar-refractivity contribution is 5.57. The molecule has 1 aliphatic heterocycles. The monoisotopic (exact) mass is 329 g/mol. The summed E-state index contributed by atoms with van der Waals surface area (Å²) < 4.78 is 11.4. The average molecular weight is 329 g/mol. The van der Waals surface area contributed by atoms with Gasteiger partial charge < -0.3 is 14.4 Å². The minimum Gasteiger partial charge on any atom is -0.393 e. The number of methoxy groups -OCH3 is 1. The van der Waals surface area contributed by atoms with Crippen molar-refractivity contribution in [2.24, 2.45) is 0 Å². The fourth-order valence-corrected chi connectivity index (χ4v) is 4.21. The Labute approximate surface area is 141 Å². The molecule has 0 spiro atoms. The quantitative estimate of drug-likeness (QED) is 0.927. The van der Waals surface area contributed by atoms with Gasteiger partial charge >= 0.3 is 0 Å². The van der Waals surface area contributed by atoms with Gasteiger partial charge in [0.25, 0.3) is 0 Å². The first kappa shape index (κ1) is 15.7. The predicted molar refractivity (Wildman–Crippen MR) is 88.1 cm³/mol. The molecule has 1 saturated carbocycles. The number of hydrogen-bond acceptors (Lipinski definition) is 6. The molecule has 0 bridgehead atoms. The van der Waals surface area contributed by atoms with Gasteiger partial charge in [0.05, 0.1) is 18.2 Å². The molecule has 6 nitrogen and oxygen atoms in total. The fourth-order valence-electron chi connectivity index (χ4n) is 4.21. The molecule has 0 unspecified atom stereocenters. The largest absolute Gasteiger partial charge is 0.393 e. The third-order valence-electron chi connectivity index (χ3n) is 5.57. The second kappa shape index (κ2) is 6.27. The molecule has 1 N–H and O–H groups in total. The predicted octanol–water partition coefficient (Wildman–Crippen LogP) is 2.24. The SMILES string of the molecule is CO[C@]12CC[C@H](O)C[C@H]1N(Cc1cc(-c3ccncc3)no1)CC2. The van der Waals surface area contributed by atoms with Gasteiger partial charge in [-0.05, 0) is 37.8 Å². The first-order valence-electron chi connectivity index (χ1n) is 8.53. The number of likely N-dealkylation sites (tertiary alicyclic amines) is 1. The van der Waals surface area contributed by atoms with E-state index < -0.39 is 0 Å². The van der Waals surface area contributed by atoms with Gasteiger partial charge in [-0.1, -0.05) is 5.16 Å². The van der Waals surface area contributed by atoms with Gasteiger partial charge in [-0.3, -0.25) is 9.88 Å². The first-order chi connectivity index (χ1) is 11.7. The Balaban J connectivity index is 1.51. The van der Waals surface area contributed by atoms with E-state index in [1.165, 1.54) is 0 Å². The molecule has 2 aromatic heterocycles. The molecule has 1 saturated heterocycles. The highest BCUT2D eigenvalue weighted by Gasteiger charge is 2.50. The smallest absolute Gasteiger partial charge is 0.151 e. The molecule has 24 heavy (non-hydrogen) atoms. The van der Waals surface area contributed by atoms with Gasteiger partial charge in [0.1, 0.15) is 5.69 Å². The Morgan fingerprint density at radius 2 is 2.21 bits per heavy atom. The fraction of sp³-hybridized carbons (Fsp3) is 0.556. The molecular weight excluding hydrogens is 306 g/mol. The Morgan fingerprint density at radius 3 is 3.00 bits per heavy atom. The van der Waals surface area contributed by atoms with Crippen LogP contribution in [0.2, 0.25) is 0 Å². The van der Waals surface area contributed by atoms with Gasteiger partial charge in [-0.25, -0.2) is 0 Å². The summed E-state index contributed by atoms with van der Waals surface area (Å²) in [4.78, 5) is 6.39. The number of nitrogens with zero attached hydrogens (tertiary/aromatic N) is 3. The van der Waals surface area contributed by atoms with E-state index in [1.54, 1.807) is 19.5 Å². The molecule has 3 atom stereocenters. The summed E-state index contributed by atoms with van der Waals surface area (Å²) in [5, 5.41) is 14.3. The highest BCUT2D eigenvalue weighted by atomic mass is 16.5. The summed E-state index contributed by atoms with van der Waals surface area (Å²) in [6.07, 6.45) is 6.78. The lowest BCUT2D eigenvalue weighted by Gasteiger charge is -2.42. The third kappa shape index (κ3) is 2.75. The van der Waals surface area contributed by atoms with E-state index in [2.05, 4.69) is 15.0 Å². The van der Waals surface area contributed by atoms with Crippen molar-refractivity contribution in [1.82, 2.24) is 15.0 Å². The van der Waals surface area contributed by atoms with Crippen molar-refractivity contribution >= 4 is 0 Å². The lowest BCUT2D eigenvalue weighted by atomic mass is 9.79. The number of fused-ring (bicyclic) bond motifs is 1. The van der Waals surface area contributed by atoms with E-state index in [1.807, 2.05) is 18.2 Å². The van der Waals surface area contributed by atoms with Crippen LogP contribution in [-0.2, 0) is 11.3 Å². The van der Waals surface area contributed by atoms with E-state index in [0.29, 0.717) is 6.54 Å². The highest BCUT2D eigenvalue weighted by Crippen LogP contribution is 2.43. The number of aromatic nitrogens is 2. The molecule has 0 amide bonds. The topological polar surface area (TPSA) is 71.6 Å². The Kier molecular flexibility index (Phi) is 4.12. The van der Waals surface area contributed by atoms with Gasteiger partial charge in [0.2, 0.25) is 0 Å². The maximum Gasteiger partial charge on any atom is 0.151 e. The standard InChI is InChI=1S/C18H23N3O3/c1-23-18-5-2-14(22)10-17(18)21(9-6-18)12-15-11-16(20-24-15)13-3-7-19-8-4-13/h3-4,7-8,11,14,17,22H,2,5-6,9-10,12H2,1H3/t14-,17+,18-/m0/s1. The van der Waals surface area contributed by atoms with E-state index in [0.717, 1.165) is 49.2 Å². The minimum absolute atomic E-state index is 0.118. The van der Waals surface area contributed by atoms with Crippen LogP contribution in [0.25, 0.3) is 11.3 Å². The summed E-state index contributed by atoms with van der Waals surface area (Å²) >= 11 is 0. The maximum atomic E-state index is 10.1. The zero-order valence-electron chi connectivity index (χ0n) is 13.9. The molecule has 1 aliphatic carbocycles. The Bertz CT molecular complexity index is 690. The summed E-state index contributed by atoms with van der Waals surface area (Å²) in [5.74, 6) is 0.841. The normalized spacial score (nSPS) is 30.4. The Morgan fingerprint density at radius 1 is 1.38 bits per heavy atom. The van der Waals surface area contributed by atoms with Crippen LogP contribution in [0.1, 0.15) is 31.4 Å². The zero-order valence-corrected chi connectivity index (χ0v) is 13.9. The van der Waals surface area contributed by atoms with E-state index in [4.69, 9.17) is 9.26 Å². The van der Waals surface area contributed by atoms with Crippen molar-refractivity contribution in [1.29, 1.82) is 0 Å². The van der Waals surface area contributed by atoms with E-state index >= 15 is 0 Å². The average Bonchev–Trinajstić information content (AvgIpc) is 3.22. The molecule has 0 radical (unpaired) electrons. The second-order valence-electron chi connectivity index (χ2n) is 6.85. The summed E-state index contributed by atoms with van der Waals surface area (Å²) in [6, 6.07) is 6.07. The molecule has 2 aliphatic rings. The zero-order chi connectivity index (χ0) is 16.6. The molecule has 4 rings (SSSR count). The van der Waals surface area contributed by atoms with Crippen molar-refractivity contribution in [3.05, 3.63) is 36.4 Å². The van der Waals surface area contributed by atoms with E-state index in [9.17, 15) is 5.11 Å². The lowest BCUT2D eigenvalue weighted by Crippen LogP contribution is -2.51. The van der Waals surface area contributed by atoms with Crippen molar-refractivity contribution in [2.45, 2.75) is 50.0 Å². The molecular formula is C18H23N3O3. The van der Waals surface area contributed by atoms with Gasteiger partial charge in [-0.2, -0.15) is 0 Å². The van der Waals surface area contributed by atoms with Crippen LogP contribution in [-0.4, -0.2) is 51.5 Å². The van der Waals surface area contributed by atoms with Crippen LogP contribution in [0.15, 0.2) is 35.1 Å². The van der Waals surface area contributed by atoms with Crippen molar-refractivity contribution in [2.75, 3.05) is 13.7 Å². The van der Waals surface area contributed by atoms with Crippen molar-refractivity contribution in [3.63, 3.8) is 0 Å². The van der Waals surface area contributed by atoms with Crippen LogP contribution in [0.3, 0.4) is 0 Å². The van der Waals surface area contributed by atoms with Crippen molar-refractivity contribution in [3.8, 4) is 11.3 Å². The van der Waals surface area contributed by atoms with Gasteiger partial charge in [-0.15, -0.1) is 0 Å². The number of aliphatic hydroxyl groups excluding tert-OH is 1. The second-order valence-corrected chi connectivity index (χ2v) is 6.85. The number of rotatable bonds is 4. The number of hydrogen-bond donors (Lipinski definition) is 1. The molecule has 2 fully saturated rings. The third-order valence-corrected chi connectivity index (χ3v) is 5.57. The number of ether oxygens (including phenoxy) is 1.